The second kappa shape index (κ2) is 5.03. The number of carbonyl (C=O) groups is 1. The van der Waals surface area contributed by atoms with Gasteiger partial charge in [-0.15, -0.1) is 0 Å². The molecule has 0 aromatic rings. The molecule has 66 valence electrons. The van der Waals surface area contributed by atoms with E-state index in [0.29, 0.717) is 0 Å². The van der Waals surface area contributed by atoms with Gasteiger partial charge in [0.15, 0.2) is 0 Å². The van der Waals surface area contributed by atoms with Crippen LogP contribution in [0.3, 0.4) is 0 Å². The Morgan fingerprint density at radius 2 is 2.42 bits per heavy atom. The van der Waals surface area contributed by atoms with E-state index >= 15 is 0 Å². The Morgan fingerprint density at radius 3 is 3.17 bits per heavy atom. The van der Waals surface area contributed by atoms with Gasteiger partial charge in [-0.2, -0.15) is 0 Å². The molecule has 0 aromatic carbocycles. The average molecular weight is 168 g/mol. The van der Waals surface area contributed by atoms with E-state index < -0.39 is 0 Å². The zero-order valence-corrected chi connectivity index (χ0v) is 7.01. The van der Waals surface area contributed by atoms with Crippen LogP contribution in [0.1, 0.15) is 19.3 Å². The monoisotopic (exact) mass is 168 g/mol. The number of hydrogen-bond acceptors (Lipinski definition) is 3. The number of amides is 1. The SMILES string of the molecule is O=BCNC1CCCCNC1=O. The van der Waals surface area contributed by atoms with E-state index in [1.54, 1.807) is 0 Å². The van der Waals surface area contributed by atoms with E-state index in [1.807, 2.05) is 0 Å². The molecule has 0 spiro atoms. The molecule has 1 aliphatic rings. The number of rotatable bonds is 3. The normalized spacial score (nSPS) is 24.0. The summed E-state index contributed by atoms with van der Waals surface area (Å²) in [5, 5.41) is 5.67. The quantitative estimate of drug-likeness (QED) is 0.545. The van der Waals surface area contributed by atoms with E-state index in [9.17, 15) is 9.50 Å². The Labute approximate surface area is 72.3 Å². The zero-order valence-electron chi connectivity index (χ0n) is 7.01. The van der Waals surface area contributed by atoms with E-state index in [4.69, 9.17) is 0 Å². The minimum absolute atomic E-state index is 0.0225. The summed E-state index contributed by atoms with van der Waals surface area (Å²) >= 11 is 0. The van der Waals surface area contributed by atoms with Gasteiger partial charge in [0.25, 0.3) is 0 Å². The molecule has 12 heavy (non-hydrogen) atoms. The standard InChI is InChI=1S/C7H13BN2O2/c11-7-6(10-5-8-12)3-1-2-4-9-7/h6,10H,1-5H2,(H,9,11). The summed E-state index contributed by atoms with van der Waals surface area (Å²) in [6.45, 7) is 0.762. The Balaban J connectivity index is 2.36. The van der Waals surface area contributed by atoms with Crippen LogP contribution in [0.25, 0.3) is 0 Å². The fourth-order valence-electron chi connectivity index (χ4n) is 1.32. The van der Waals surface area contributed by atoms with E-state index in [0.717, 1.165) is 33.0 Å². The maximum atomic E-state index is 11.2. The third-order valence-electron chi connectivity index (χ3n) is 1.98. The van der Waals surface area contributed by atoms with Crippen molar-refractivity contribution in [2.45, 2.75) is 25.3 Å². The molecule has 1 atom stereocenters. The van der Waals surface area contributed by atoms with Crippen molar-refractivity contribution in [2.24, 2.45) is 0 Å². The van der Waals surface area contributed by atoms with Gasteiger partial charge < -0.3 is 0 Å². The molecule has 1 amide bonds. The van der Waals surface area contributed by atoms with Crippen molar-refractivity contribution in [1.82, 2.24) is 10.6 Å². The second-order valence-electron chi connectivity index (χ2n) is 2.91. The molecule has 0 aliphatic carbocycles. The van der Waals surface area contributed by atoms with E-state index in [-0.39, 0.29) is 18.4 Å². The minimum atomic E-state index is -0.169. The van der Waals surface area contributed by atoms with Crippen molar-refractivity contribution in [3.8, 4) is 0 Å². The Kier molecular flexibility index (Phi) is 3.93. The Bertz CT molecular complexity index is 175. The Morgan fingerprint density at radius 1 is 1.58 bits per heavy atom. The van der Waals surface area contributed by atoms with Gasteiger partial charge in [0.1, 0.15) is 0 Å². The van der Waals surface area contributed by atoms with Gasteiger partial charge in [-0.25, -0.2) is 0 Å². The number of nitrogens with one attached hydrogen (secondary N) is 2. The molecule has 1 rings (SSSR count). The van der Waals surface area contributed by atoms with Crippen molar-refractivity contribution in [3.63, 3.8) is 0 Å². The summed E-state index contributed by atoms with van der Waals surface area (Å²) in [5.74, 6) is 0.0225. The van der Waals surface area contributed by atoms with Crippen molar-refractivity contribution in [1.29, 1.82) is 0 Å². The molecule has 0 bridgehead atoms. The predicted molar refractivity (Wildman–Crippen MR) is 45.1 cm³/mol. The van der Waals surface area contributed by atoms with Crippen LogP contribution in [0.5, 0.6) is 0 Å². The van der Waals surface area contributed by atoms with Gasteiger partial charge in [0.2, 0.25) is 0 Å². The van der Waals surface area contributed by atoms with Gasteiger partial charge in [-0.1, -0.05) is 0 Å². The van der Waals surface area contributed by atoms with Crippen molar-refractivity contribution in [3.05, 3.63) is 0 Å². The molecular weight excluding hydrogens is 155 g/mol. The molecule has 1 saturated heterocycles. The zero-order chi connectivity index (χ0) is 8.81. The molecular formula is C7H13BN2O2. The van der Waals surface area contributed by atoms with Crippen LogP contribution >= 0.6 is 0 Å². The van der Waals surface area contributed by atoms with Crippen LogP contribution in [-0.2, 0) is 9.50 Å². The second-order valence-corrected chi connectivity index (χ2v) is 2.91. The summed E-state index contributed by atoms with van der Waals surface area (Å²) in [4.78, 5) is 11.2. The third-order valence-corrected chi connectivity index (χ3v) is 1.98. The van der Waals surface area contributed by atoms with Crippen LogP contribution in [-0.4, -0.2) is 32.1 Å². The summed E-state index contributed by atoms with van der Waals surface area (Å²) in [5.41, 5.74) is 0. The first-order valence-electron chi connectivity index (χ1n) is 4.29. The van der Waals surface area contributed by atoms with Crippen LogP contribution in [0, 0.1) is 0 Å². The molecule has 4 nitrogen and oxygen atoms in total. The van der Waals surface area contributed by atoms with E-state index in [1.165, 1.54) is 0 Å². The van der Waals surface area contributed by atoms with E-state index in [2.05, 4.69) is 10.6 Å². The fourth-order valence-corrected chi connectivity index (χ4v) is 1.32. The van der Waals surface area contributed by atoms with Crippen molar-refractivity contribution < 1.29 is 9.50 Å². The van der Waals surface area contributed by atoms with Crippen LogP contribution in [0.15, 0.2) is 0 Å². The van der Waals surface area contributed by atoms with Crippen LogP contribution in [0.2, 0.25) is 0 Å². The van der Waals surface area contributed by atoms with Crippen LogP contribution < -0.4 is 10.6 Å². The third kappa shape index (κ3) is 2.73. The first kappa shape index (κ1) is 9.38. The predicted octanol–water partition coefficient (Wildman–Crippen LogP) is -0.748. The molecule has 0 saturated carbocycles. The molecule has 1 unspecified atom stereocenters. The van der Waals surface area contributed by atoms with Gasteiger partial charge in [0, 0.05) is 0 Å². The Hall–Kier alpha value is -0.705. The van der Waals surface area contributed by atoms with Gasteiger partial charge >= 0.3 is 71.5 Å². The molecule has 0 aromatic heterocycles. The van der Waals surface area contributed by atoms with Gasteiger partial charge in [-0.3, -0.25) is 0 Å². The topological polar surface area (TPSA) is 58.2 Å². The van der Waals surface area contributed by atoms with Crippen LogP contribution in [0.4, 0.5) is 0 Å². The summed E-state index contributed by atoms with van der Waals surface area (Å²) < 4.78 is 10.0. The molecule has 2 N–H and O–H groups in total. The van der Waals surface area contributed by atoms with Gasteiger partial charge in [-0.05, 0) is 0 Å². The first-order valence-corrected chi connectivity index (χ1v) is 4.29. The van der Waals surface area contributed by atoms with Crippen molar-refractivity contribution in [2.75, 3.05) is 13.0 Å². The summed E-state index contributed by atoms with van der Waals surface area (Å²) in [6.07, 6.45) is 3.16. The number of carbonyl (C=O) groups excluding carboxylic acids is 1. The van der Waals surface area contributed by atoms with Crippen molar-refractivity contribution >= 4 is 13.1 Å². The molecule has 1 aliphatic heterocycles. The molecule has 1 heterocycles. The molecule has 5 heteroatoms. The summed E-state index contributed by atoms with van der Waals surface area (Å²) in [6, 6.07) is -0.169. The first-order chi connectivity index (χ1) is 5.84. The molecule has 0 radical (unpaired) electrons. The summed E-state index contributed by atoms with van der Waals surface area (Å²) in [7, 11) is 0.776. The fraction of sp³-hybridized carbons (Fsp3) is 0.857. The average Bonchev–Trinajstić information content (AvgIpc) is 2.27. The van der Waals surface area contributed by atoms with Gasteiger partial charge in [0.05, 0.1) is 0 Å². The molecule has 1 fully saturated rings. The maximum absolute atomic E-state index is 11.2. The number of hydrogen-bond donors (Lipinski definition) is 2.